The second-order valence-electron chi connectivity index (χ2n) is 3.48. The Morgan fingerprint density at radius 2 is 2.42 bits per heavy atom. The summed E-state index contributed by atoms with van der Waals surface area (Å²) in [6, 6.07) is 0. The zero-order valence-corrected chi connectivity index (χ0v) is 9.59. The molecule has 0 aliphatic heterocycles. The Kier molecular flexibility index (Phi) is 4.68. The second kappa shape index (κ2) is 5.29. The first kappa shape index (κ1) is 10.6. The minimum absolute atomic E-state index is 0.590. The number of hydrogen-bond acceptors (Lipinski definition) is 1. The van der Waals surface area contributed by atoms with Gasteiger partial charge >= 0.3 is 13.6 Å². The van der Waals surface area contributed by atoms with Gasteiger partial charge in [0, 0.05) is 12.5 Å². The van der Waals surface area contributed by atoms with Crippen LogP contribution in [0.2, 0.25) is 5.79 Å². The molecule has 1 nitrogen and oxygen atoms in total. The fourth-order valence-electron chi connectivity index (χ4n) is 1.60. The molecule has 0 aromatic rings. The molecule has 1 rings (SSSR count). The molecule has 1 aliphatic carbocycles. The smallest absolute Gasteiger partial charge is 0.489 e. The lowest BCUT2D eigenvalue weighted by molar-refractivity contribution is 0.255. The first-order valence-corrected chi connectivity index (χ1v) is 8.00. The van der Waals surface area contributed by atoms with Gasteiger partial charge in [0.2, 0.25) is 0 Å². The van der Waals surface area contributed by atoms with Crippen LogP contribution in [0.1, 0.15) is 25.7 Å². The number of rotatable bonds is 3. The molecule has 12 heavy (non-hydrogen) atoms. The number of hydrogen-bond donors (Lipinski definition) is 0. The summed E-state index contributed by atoms with van der Waals surface area (Å²) in [6.07, 6.45) is 5.07. The van der Waals surface area contributed by atoms with E-state index in [1.165, 1.54) is 31.3 Å². The van der Waals surface area contributed by atoms with Gasteiger partial charge in [-0.05, 0) is 19.3 Å². The van der Waals surface area contributed by atoms with Gasteiger partial charge in [-0.15, -0.1) is 0 Å². The predicted molar refractivity (Wildman–Crippen MR) is 54.5 cm³/mol. The van der Waals surface area contributed by atoms with Gasteiger partial charge in [-0.1, -0.05) is 24.4 Å². The maximum absolute atomic E-state index is 5.83. The van der Waals surface area contributed by atoms with Crippen molar-refractivity contribution in [3.8, 4) is 0 Å². The van der Waals surface area contributed by atoms with E-state index in [1.807, 2.05) is 5.79 Å². The summed E-state index contributed by atoms with van der Waals surface area (Å²) in [6.45, 7) is 4.88. The third kappa shape index (κ3) is 3.50. The van der Waals surface area contributed by atoms with Crippen LogP contribution < -0.4 is 0 Å². The second-order valence-corrected chi connectivity index (χ2v) is 6.74. The fourth-order valence-corrected chi connectivity index (χ4v) is 2.32. The molecule has 0 saturated heterocycles. The van der Waals surface area contributed by atoms with Gasteiger partial charge in [-0.2, -0.15) is 0 Å². The summed E-state index contributed by atoms with van der Waals surface area (Å²) in [5, 5.41) is 0. The van der Waals surface area contributed by atoms with E-state index >= 15 is 0 Å². The van der Waals surface area contributed by atoms with Crippen molar-refractivity contribution >= 4 is 23.6 Å². The summed E-state index contributed by atoms with van der Waals surface area (Å²) >= 11 is -1.34. The Labute approximate surface area is 83.7 Å². The SMILES string of the molecule is C=C1CCCCC1C[O][Al]([CH3])[Cl]. The average Bonchev–Trinajstić information content (AvgIpc) is 2.03. The highest BCUT2D eigenvalue weighted by Crippen LogP contribution is 2.28. The summed E-state index contributed by atoms with van der Waals surface area (Å²) in [4.78, 5) is 0. The Morgan fingerprint density at radius 3 is 3.00 bits per heavy atom. The molecule has 1 atom stereocenters. The van der Waals surface area contributed by atoms with Gasteiger partial charge in [-0.3, -0.25) is 0 Å². The highest BCUT2D eigenvalue weighted by atomic mass is 35.6. The molecule has 1 fully saturated rings. The van der Waals surface area contributed by atoms with E-state index in [4.69, 9.17) is 13.8 Å². The van der Waals surface area contributed by atoms with Crippen molar-refractivity contribution in [1.82, 2.24) is 0 Å². The standard InChI is InChI=1S/C8H13O.CH3.Al.ClH/c1-7-4-2-3-5-8(7)6-9;;;/h8H,1-6H2;1H3;;1H/q-1;;+2;/p-1. The van der Waals surface area contributed by atoms with Gasteiger partial charge in [-0.25, -0.2) is 10.0 Å². The van der Waals surface area contributed by atoms with Crippen LogP contribution in [0.15, 0.2) is 12.2 Å². The first-order chi connectivity index (χ1) is 5.70. The van der Waals surface area contributed by atoms with Crippen LogP contribution in [-0.2, 0) is 3.79 Å². The third-order valence-corrected chi connectivity index (χ3v) is 3.43. The minimum Gasteiger partial charge on any atom is -0.489 e. The van der Waals surface area contributed by atoms with E-state index in [9.17, 15) is 0 Å². The molecule has 68 valence electrons. The molecule has 1 unspecified atom stereocenters. The Bertz CT molecular complexity index is 159. The van der Waals surface area contributed by atoms with Crippen LogP contribution in [0.3, 0.4) is 0 Å². The Morgan fingerprint density at radius 1 is 1.67 bits per heavy atom. The Hall–Kier alpha value is 0.522. The van der Waals surface area contributed by atoms with E-state index in [2.05, 4.69) is 6.58 Å². The summed E-state index contributed by atoms with van der Waals surface area (Å²) in [7, 11) is 5.83. The highest BCUT2D eigenvalue weighted by Gasteiger charge is 2.19. The fraction of sp³-hybridized carbons (Fsp3) is 0.778. The van der Waals surface area contributed by atoms with E-state index in [0.29, 0.717) is 5.92 Å². The van der Waals surface area contributed by atoms with E-state index in [1.54, 1.807) is 0 Å². The lowest BCUT2D eigenvalue weighted by Gasteiger charge is -2.24. The average molecular weight is 203 g/mol. The normalized spacial score (nSPS) is 24.2. The maximum atomic E-state index is 5.83. The Balaban J connectivity index is 2.25. The zero-order chi connectivity index (χ0) is 8.97. The van der Waals surface area contributed by atoms with Gasteiger partial charge in [0.25, 0.3) is 0 Å². The molecule has 0 N–H and O–H groups in total. The number of halogens is 1. The topological polar surface area (TPSA) is 9.23 Å². The van der Waals surface area contributed by atoms with Crippen molar-refractivity contribution in [2.75, 3.05) is 6.61 Å². The summed E-state index contributed by atoms with van der Waals surface area (Å²) < 4.78 is 5.50. The van der Waals surface area contributed by atoms with Gasteiger partial charge in [0.15, 0.2) is 0 Å². The molecule has 0 heterocycles. The van der Waals surface area contributed by atoms with Gasteiger partial charge in [0.1, 0.15) is 0 Å². The molecular formula is C9H16AlClO. The molecule has 0 aromatic carbocycles. The van der Waals surface area contributed by atoms with Gasteiger partial charge < -0.3 is 3.79 Å². The lowest BCUT2D eigenvalue weighted by Crippen LogP contribution is -2.19. The molecule has 0 aromatic heterocycles. The molecule has 0 bridgehead atoms. The van der Waals surface area contributed by atoms with Crippen molar-refractivity contribution < 1.29 is 3.79 Å². The third-order valence-electron chi connectivity index (χ3n) is 2.40. The van der Waals surface area contributed by atoms with Crippen LogP contribution in [0.5, 0.6) is 0 Å². The van der Waals surface area contributed by atoms with Crippen molar-refractivity contribution in [1.29, 1.82) is 0 Å². The molecule has 0 radical (unpaired) electrons. The highest BCUT2D eigenvalue weighted by molar-refractivity contribution is 7.02. The van der Waals surface area contributed by atoms with Crippen LogP contribution in [0.4, 0.5) is 0 Å². The van der Waals surface area contributed by atoms with Crippen molar-refractivity contribution in [3.63, 3.8) is 0 Å². The summed E-state index contributed by atoms with van der Waals surface area (Å²) in [5.74, 6) is 2.58. The van der Waals surface area contributed by atoms with Crippen LogP contribution in [-0.4, -0.2) is 20.2 Å². The molecule has 3 heteroatoms. The monoisotopic (exact) mass is 202 g/mol. The largest absolute Gasteiger partial charge is 0.588 e. The molecule has 1 aliphatic rings. The van der Waals surface area contributed by atoms with Crippen molar-refractivity contribution in [2.45, 2.75) is 31.5 Å². The summed E-state index contributed by atoms with van der Waals surface area (Å²) in [5.41, 5.74) is 1.37. The van der Waals surface area contributed by atoms with Crippen LogP contribution in [0.25, 0.3) is 0 Å². The molecule has 0 amide bonds. The molecule has 0 spiro atoms. The predicted octanol–water partition coefficient (Wildman–Crippen LogP) is 3.11. The van der Waals surface area contributed by atoms with Gasteiger partial charge in [0.05, 0.1) is 0 Å². The van der Waals surface area contributed by atoms with E-state index in [0.717, 1.165) is 6.61 Å². The lowest BCUT2D eigenvalue weighted by atomic mass is 9.86. The minimum atomic E-state index is -1.34. The van der Waals surface area contributed by atoms with Crippen LogP contribution >= 0.6 is 10.0 Å². The first-order valence-electron chi connectivity index (χ1n) is 4.63. The zero-order valence-electron chi connectivity index (χ0n) is 7.68. The maximum Gasteiger partial charge on any atom is 0.588 e. The molecular weight excluding hydrogens is 187 g/mol. The van der Waals surface area contributed by atoms with E-state index in [-0.39, 0.29) is 0 Å². The quantitative estimate of drug-likeness (QED) is 0.505. The molecule has 1 saturated carbocycles. The van der Waals surface area contributed by atoms with E-state index < -0.39 is 13.6 Å². The van der Waals surface area contributed by atoms with Crippen molar-refractivity contribution in [2.24, 2.45) is 5.92 Å². The van der Waals surface area contributed by atoms with Crippen LogP contribution in [0, 0.1) is 5.92 Å². The van der Waals surface area contributed by atoms with Crippen molar-refractivity contribution in [3.05, 3.63) is 12.2 Å².